The second-order valence-corrected chi connectivity index (χ2v) is 7.37. The first-order chi connectivity index (χ1) is 13.3. The average Bonchev–Trinajstić information content (AvgIpc) is 3.23. The van der Waals surface area contributed by atoms with Gasteiger partial charge in [0.2, 0.25) is 0 Å². The lowest BCUT2D eigenvalue weighted by Crippen LogP contribution is -2.46. The highest BCUT2D eigenvalue weighted by atomic mass is 15.4. The minimum absolute atomic E-state index is 0.667. The zero-order chi connectivity index (χ0) is 18.2. The molecule has 2 aliphatic rings. The van der Waals surface area contributed by atoms with E-state index in [2.05, 4.69) is 47.0 Å². The van der Waals surface area contributed by atoms with Gasteiger partial charge in [0.15, 0.2) is 0 Å². The van der Waals surface area contributed by atoms with Gasteiger partial charge in [-0.25, -0.2) is 4.98 Å². The molecule has 3 aromatic heterocycles. The molecule has 0 aliphatic carbocycles. The van der Waals surface area contributed by atoms with Crippen LogP contribution in [0.4, 0.5) is 5.82 Å². The SMILES string of the molecule is Cc1cc(N2CCN(Cc3cc4n(n3)CCCNC4)CC2)n2ncnc2n1. The molecule has 5 heterocycles. The van der Waals surface area contributed by atoms with E-state index in [1.165, 1.54) is 11.4 Å². The number of fused-ring (bicyclic) bond motifs is 2. The second kappa shape index (κ2) is 6.90. The number of anilines is 1. The van der Waals surface area contributed by atoms with Crippen molar-refractivity contribution in [1.29, 1.82) is 0 Å². The van der Waals surface area contributed by atoms with Gasteiger partial charge in [-0.2, -0.15) is 19.7 Å². The Kier molecular flexibility index (Phi) is 4.25. The summed E-state index contributed by atoms with van der Waals surface area (Å²) < 4.78 is 4.01. The van der Waals surface area contributed by atoms with Crippen LogP contribution in [0.2, 0.25) is 0 Å². The van der Waals surface area contributed by atoms with Gasteiger partial charge in [0.1, 0.15) is 12.1 Å². The van der Waals surface area contributed by atoms with Crippen LogP contribution < -0.4 is 10.2 Å². The van der Waals surface area contributed by atoms with Crippen molar-refractivity contribution < 1.29 is 0 Å². The molecule has 3 aromatic rings. The minimum atomic E-state index is 0.667. The van der Waals surface area contributed by atoms with Crippen LogP contribution in [0.1, 0.15) is 23.5 Å². The van der Waals surface area contributed by atoms with Crippen LogP contribution in [-0.4, -0.2) is 67.0 Å². The van der Waals surface area contributed by atoms with Crippen molar-refractivity contribution in [2.24, 2.45) is 0 Å². The van der Waals surface area contributed by atoms with Crippen LogP contribution in [-0.2, 0) is 19.6 Å². The third kappa shape index (κ3) is 3.28. The van der Waals surface area contributed by atoms with Gasteiger partial charge >= 0.3 is 0 Å². The summed E-state index contributed by atoms with van der Waals surface area (Å²) in [5.41, 5.74) is 3.46. The Morgan fingerprint density at radius 1 is 1.11 bits per heavy atom. The summed E-state index contributed by atoms with van der Waals surface area (Å²) in [7, 11) is 0. The fourth-order valence-electron chi connectivity index (χ4n) is 4.00. The summed E-state index contributed by atoms with van der Waals surface area (Å²) in [6, 6.07) is 4.35. The molecular formula is C18H25N9. The highest BCUT2D eigenvalue weighted by Gasteiger charge is 2.21. The monoisotopic (exact) mass is 367 g/mol. The molecule has 27 heavy (non-hydrogen) atoms. The van der Waals surface area contributed by atoms with Crippen LogP contribution in [0.15, 0.2) is 18.5 Å². The Hall–Kier alpha value is -2.52. The Morgan fingerprint density at radius 3 is 2.89 bits per heavy atom. The standard InChI is InChI=1S/C18H25N9/c1-14-9-17(27-18(22-14)20-13-21-27)25-7-5-24(6-8-25)12-15-10-16-11-19-3-2-4-26(16)23-15/h9-10,13,19H,2-8,11-12H2,1H3. The fraction of sp³-hybridized carbons (Fsp3) is 0.556. The quantitative estimate of drug-likeness (QED) is 0.720. The van der Waals surface area contributed by atoms with Crippen molar-refractivity contribution >= 4 is 11.6 Å². The van der Waals surface area contributed by atoms with E-state index in [1.54, 1.807) is 6.33 Å². The minimum Gasteiger partial charge on any atom is -0.354 e. The topological polar surface area (TPSA) is 79.4 Å². The molecule has 0 atom stereocenters. The number of aromatic nitrogens is 6. The number of piperazine rings is 1. The first-order valence-corrected chi connectivity index (χ1v) is 9.67. The molecular weight excluding hydrogens is 342 g/mol. The molecule has 5 rings (SSSR count). The van der Waals surface area contributed by atoms with Crippen molar-refractivity contribution in [1.82, 2.24) is 39.6 Å². The third-order valence-electron chi connectivity index (χ3n) is 5.39. The second-order valence-electron chi connectivity index (χ2n) is 7.37. The van der Waals surface area contributed by atoms with E-state index in [0.29, 0.717) is 5.78 Å². The lowest BCUT2D eigenvalue weighted by molar-refractivity contribution is 0.245. The number of hydrogen-bond acceptors (Lipinski definition) is 7. The van der Waals surface area contributed by atoms with Crippen molar-refractivity contribution in [3.05, 3.63) is 35.5 Å². The van der Waals surface area contributed by atoms with E-state index in [9.17, 15) is 0 Å². The Bertz CT molecular complexity index is 912. The van der Waals surface area contributed by atoms with Crippen molar-refractivity contribution in [3.8, 4) is 0 Å². The van der Waals surface area contributed by atoms with Crippen LogP contribution in [0.3, 0.4) is 0 Å². The van der Waals surface area contributed by atoms with Gasteiger partial charge in [-0.1, -0.05) is 0 Å². The largest absolute Gasteiger partial charge is 0.354 e. The maximum Gasteiger partial charge on any atom is 0.254 e. The maximum atomic E-state index is 4.82. The molecule has 1 N–H and O–H groups in total. The lowest BCUT2D eigenvalue weighted by Gasteiger charge is -2.35. The molecule has 1 fully saturated rings. The highest BCUT2D eigenvalue weighted by molar-refractivity contribution is 5.47. The lowest BCUT2D eigenvalue weighted by atomic mass is 10.2. The molecule has 0 bridgehead atoms. The molecule has 142 valence electrons. The van der Waals surface area contributed by atoms with E-state index in [-0.39, 0.29) is 0 Å². The molecule has 0 aromatic carbocycles. The Morgan fingerprint density at radius 2 is 2.00 bits per heavy atom. The Labute approximate surface area is 158 Å². The summed E-state index contributed by atoms with van der Waals surface area (Å²) in [4.78, 5) is 13.5. The smallest absolute Gasteiger partial charge is 0.254 e. The van der Waals surface area contributed by atoms with Crippen LogP contribution in [0.5, 0.6) is 0 Å². The normalized spacial score (nSPS) is 18.6. The zero-order valence-electron chi connectivity index (χ0n) is 15.7. The van der Waals surface area contributed by atoms with Gasteiger partial charge in [0.25, 0.3) is 5.78 Å². The number of hydrogen-bond donors (Lipinski definition) is 1. The number of nitrogens with one attached hydrogen (secondary N) is 1. The van der Waals surface area contributed by atoms with Gasteiger partial charge < -0.3 is 10.2 Å². The Balaban J connectivity index is 1.26. The van der Waals surface area contributed by atoms with Crippen molar-refractivity contribution in [2.75, 3.05) is 37.6 Å². The first kappa shape index (κ1) is 16.6. The summed E-state index contributed by atoms with van der Waals surface area (Å²) in [6.07, 6.45) is 2.72. The predicted molar refractivity (Wildman–Crippen MR) is 102 cm³/mol. The molecule has 2 aliphatic heterocycles. The van der Waals surface area contributed by atoms with Crippen LogP contribution in [0, 0.1) is 6.92 Å². The van der Waals surface area contributed by atoms with Crippen molar-refractivity contribution in [3.63, 3.8) is 0 Å². The molecule has 0 spiro atoms. The molecule has 9 heteroatoms. The summed E-state index contributed by atoms with van der Waals surface area (Å²) >= 11 is 0. The van der Waals surface area contributed by atoms with E-state index in [1.807, 2.05) is 11.4 Å². The molecule has 1 saturated heterocycles. The number of rotatable bonds is 3. The summed E-state index contributed by atoms with van der Waals surface area (Å²) in [6.45, 7) is 9.90. The van der Waals surface area contributed by atoms with Gasteiger partial charge in [0.05, 0.1) is 11.4 Å². The van der Waals surface area contributed by atoms with E-state index in [0.717, 1.165) is 70.3 Å². The average molecular weight is 367 g/mol. The van der Waals surface area contributed by atoms with E-state index in [4.69, 9.17) is 5.10 Å². The third-order valence-corrected chi connectivity index (χ3v) is 5.39. The molecule has 0 amide bonds. The van der Waals surface area contributed by atoms with Crippen molar-refractivity contribution in [2.45, 2.75) is 33.0 Å². The highest BCUT2D eigenvalue weighted by Crippen LogP contribution is 2.19. The number of nitrogens with zero attached hydrogens (tertiary/aromatic N) is 8. The van der Waals surface area contributed by atoms with Gasteiger partial charge in [-0.15, -0.1) is 0 Å². The number of aryl methyl sites for hydroxylation is 2. The summed E-state index contributed by atoms with van der Waals surface area (Å²) in [5.74, 6) is 1.75. The van der Waals surface area contributed by atoms with Gasteiger partial charge in [-0.05, 0) is 26.0 Å². The zero-order valence-corrected chi connectivity index (χ0v) is 15.7. The maximum absolute atomic E-state index is 4.82. The summed E-state index contributed by atoms with van der Waals surface area (Å²) in [5, 5.41) is 12.6. The fourth-order valence-corrected chi connectivity index (χ4v) is 4.00. The van der Waals surface area contributed by atoms with E-state index < -0.39 is 0 Å². The van der Waals surface area contributed by atoms with E-state index >= 15 is 0 Å². The van der Waals surface area contributed by atoms with Crippen LogP contribution >= 0.6 is 0 Å². The molecule has 9 nitrogen and oxygen atoms in total. The first-order valence-electron chi connectivity index (χ1n) is 9.67. The van der Waals surface area contributed by atoms with Crippen LogP contribution in [0.25, 0.3) is 5.78 Å². The van der Waals surface area contributed by atoms with Gasteiger partial charge in [-0.3, -0.25) is 9.58 Å². The molecule has 0 radical (unpaired) electrons. The van der Waals surface area contributed by atoms with Gasteiger partial charge in [0, 0.05) is 57.6 Å². The predicted octanol–water partition coefficient (Wildman–Crippen LogP) is 0.445. The molecule has 0 unspecified atom stereocenters. The molecule has 0 saturated carbocycles.